The van der Waals surface area contributed by atoms with Gasteiger partial charge >= 0.3 is 0 Å². The van der Waals surface area contributed by atoms with Gasteiger partial charge in [0.15, 0.2) is 0 Å². The SMILES string of the molecule is Cc1ccc(N(CC(=O)Nc2ccc(S(=O)(=O)Nc3ccc(Cl)cc3Cl)cc2)S(=O)(=O)c2ccc(Cl)cc2)cc1. The monoisotopic (exact) mass is 637 g/mol. The summed E-state index contributed by atoms with van der Waals surface area (Å²) < 4.78 is 55.9. The Labute approximate surface area is 247 Å². The fraction of sp³-hybridized carbons (Fsp3) is 0.0741. The van der Waals surface area contributed by atoms with Crippen LogP contribution in [0.4, 0.5) is 17.1 Å². The van der Waals surface area contributed by atoms with Gasteiger partial charge in [-0.3, -0.25) is 13.8 Å². The standard InChI is InChI=1S/C27H22Cl3N3O5S2/c1-18-2-9-22(10-3-18)33(40(37,38)24-11-4-19(28)5-12-24)17-27(34)31-21-7-13-23(14-8-21)39(35,36)32-26-15-6-20(29)16-25(26)30/h2-16,32H,17H2,1H3,(H,31,34). The van der Waals surface area contributed by atoms with E-state index in [1.165, 1.54) is 66.7 Å². The summed E-state index contributed by atoms with van der Waals surface area (Å²) in [7, 11) is -8.12. The van der Waals surface area contributed by atoms with Crippen LogP contribution in [0.5, 0.6) is 0 Å². The summed E-state index contributed by atoms with van der Waals surface area (Å²) in [6.07, 6.45) is 0. The Morgan fingerprint density at radius 3 is 1.93 bits per heavy atom. The van der Waals surface area contributed by atoms with Gasteiger partial charge in [-0.05, 0) is 85.8 Å². The van der Waals surface area contributed by atoms with E-state index in [2.05, 4.69) is 10.0 Å². The summed E-state index contributed by atoms with van der Waals surface area (Å²) >= 11 is 17.8. The number of carbonyl (C=O) groups is 1. The molecule has 0 fully saturated rings. The molecule has 0 aromatic heterocycles. The van der Waals surface area contributed by atoms with E-state index in [9.17, 15) is 21.6 Å². The fourth-order valence-electron chi connectivity index (χ4n) is 3.58. The van der Waals surface area contributed by atoms with Crippen LogP contribution in [0.1, 0.15) is 5.56 Å². The summed E-state index contributed by atoms with van der Waals surface area (Å²) in [6.45, 7) is 1.32. The Morgan fingerprint density at radius 1 is 0.750 bits per heavy atom. The van der Waals surface area contributed by atoms with Crippen molar-refractivity contribution in [1.82, 2.24) is 0 Å². The van der Waals surface area contributed by atoms with Crippen molar-refractivity contribution in [3.63, 3.8) is 0 Å². The molecule has 40 heavy (non-hydrogen) atoms. The molecule has 0 unspecified atom stereocenters. The van der Waals surface area contributed by atoms with Crippen LogP contribution in [-0.2, 0) is 24.8 Å². The van der Waals surface area contributed by atoms with Crippen LogP contribution in [0.15, 0.2) is 101 Å². The molecule has 0 radical (unpaired) electrons. The van der Waals surface area contributed by atoms with Gasteiger partial charge in [-0.25, -0.2) is 16.8 Å². The van der Waals surface area contributed by atoms with Crippen molar-refractivity contribution in [2.45, 2.75) is 16.7 Å². The lowest BCUT2D eigenvalue weighted by Crippen LogP contribution is -2.38. The highest BCUT2D eigenvalue weighted by molar-refractivity contribution is 7.93. The molecule has 0 atom stereocenters. The molecule has 0 aliphatic rings. The van der Waals surface area contributed by atoms with Crippen molar-refractivity contribution >= 4 is 77.8 Å². The molecule has 1 amide bonds. The Morgan fingerprint density at radius 2 is 1.32 bits per heavy atom. The first-order chi connectivity index (χ1) is 18.8. The summed E-state index contributed by atoms with van der Waals surface area (Å²) in [6, 6.07) is 22.0. The van der Waals surface area contributed by atoms with Gasteiger partial charge in [-0.1, -0.05) is 52.5 Å². The number of aryl methyl sites for hydroxylation is 1. The molecule has 13 heteroatoms. The number of benzene rings is 4. The number of hydrogen-bond donors (Lipinski definition) is 2. The normalized spacial score (nSPS) is 11.6. The molecule has 0 heterocycles. The van der Waals surface area contributed by atoms with Gasteiger partial charge < -0.3 is 5.32 Å². The molecule has 208 valence electrons. The predicted octanol–water partition coefficient (Wildman–Crippen LogP) is 6.59. The van der Waals surface area contributed by atoms with Gasteiger partial charge in [0.1, 0.15) is 6.54 Å². The average Bonchev–Trinajstić information content (AvgIpc) is 2.90. The maximum atomic E-state index is 13.5. The molecule has 0 bridgehead atoms. The molecule has 4 rings (SSSR count). The van der Waals surface area contributed by atoms with E-state index in [1.807, 2.05) is 6.92 Å². The summed E-state index contributed by atoms with van der Waals surface area (Å²) in [5.74, 6) is -0.639. The minimum Gasteiger partial charge on any atom is -0.325 e. The largest absolute Gasteiger partial charge is 0.325 e. The fourth-order valence-corrected chi connectivity index (χ4v) is 6.72. The number of nitrogens with zero attached hydrogens (tertiary/aromatic N) is 1. The van der Waals surface area contributed by atoms with E-state index in [0.29, 0.717) is 15.7 Å². The quantitative estimate of drug-likeness (QED) is 0.215. The van der Waals surface area contributed by atoms with Crippen molar-refractivity contribution in [2.24, 2.45) is 0 Å². The summed E-state index contributed by atoms with van der Waals surface area (Å²) in [4.78, 5) is 12.9. The number of rotatable bonds is 9. The lowest BCUT2D eigenvalue weighted by atomic mass is 10.2. The second-order valence-corrected chi connectivity index (χ2v) is 13.4. The van der Waals surface area contributed by atoms with Gasteiger partial charge in [0.2, 0.25) is 5.91 Å². The van der Waals surface area contributed by atoms with Crippen LogP contribution in [0.2, 0.25) is 15.1 Å². The van der Waals surface area contributed by atoms with Gasteiger partial charge in [-0.2, -0.15) is 0 Å². The van der Waals surface area contributed by atoms with Crippen molar-refractivity contribution < 1.29 is 21.6 Å². The van der Waals surface area contributed by atoms with E-state index in [0.717, 1.165) is 9.87 Å². The first kappa shape index (κ1) is 29.7. The predicted molar refractivity (Wildman–Crippen MR) is 160 cm³/mol. The van der Waals surface area contributed by atoms with E-state index in [1.54, 1.807) is 24.3 Å². The number of amides is 1. The van der Waals surface area contributed by atoms with E-state index in [4.69, 9.17) is 34.8 Å². The zero-order chi connectivity index (χ0) is 29.1. The molecule has 8 nitrogen and oxygen atoms in total. The highest BCUT2D eigenvalue weighted by Gasteiger charge is 2.27. The van der Waals surface area contributed by atoms with Crippen LogP contribution in [-0.4, -0.2) is 29.3 Å². The van der Waals surface area contributed by atoms with Crippen molar-refractivity contribution in [1.29, 1.82) is 0 Å². The smallest absolute Gasteiger partial charge is 0.264 e. The second-order valence-electron chi connectivity index (χ2n) is 8.60. The number of nitrogens with one attached hydrogen (secondary N) is 2. The van der Waals surface area contributed by atoms with Gasteiger partial charge in [0.25, 0.3) is 20.0 Å². The average molecular weight is 639 g/mol. The first-order valence-electron chi connectivity index (χ1n) is 11.6. The third-order valence-corrected chi connectivity index (χ3v) is 9.60. The van der Waals surface area contributed by atoms with Crippen molar-refractivity contribution in [2.75, 3.05) is 20.9 Å². The molecule has 4 aromatic carbocycles. The maximum absolute atomic E-state index is 13.5. The Bertz CT molecular complexity index is 1750. The zero-order valence-electron chi connectivity index (χ0n) is 20.8. The maximum Gasteiger partial charge on any atom is 0.264 e. The molecule has 0 spiro atoms. The lowest BCUT2D eigenvalue weighted by molar-refractivity contribution is -0.114. The Hall–Kier alpha value is -3.28. The minimum absolute atomic E-state index is 0.0341. The van der Waals surface area contributed by atoms with Crippen LogP contribution in [0.25, 0.3) is 0 Å². The highest BCUT2D eigenvalue weighted by Crippen LogP contribution is 2.28. The van der Waals surface area contributed by atoms with Crippen LogP contribution in [0.3, 0.4) is 0 Å². The second kappa shape index (κ2) is 12.1. The molecule has 0 aliphatic carbocycles. The topological polar surface area (TPSA) is 113 Å². The minimum atomic E-state index is -4.13. The van der Waals surface area contributed by atoms with Crippen LogP contribution < -0.4 is 14.3 Å². The molecule has 2 N–H and O–H groups in total. The number of anilines is 3. The van der Waals surface area contributed by atoms with Gasteiger partial charge in [0, 0.05) is 15.7 Å². The molecular formula is C27H22Cl3N3O5S2. The summed E-state index contributed by atoms with van der Waals surface area (Å²) in [5.41, 5.74) is 1.63. The lowest BCUT2D eigenvalue weighted by Gasteiger charge is -2.24. The molecule has 0 saturated heterocycles. The van der Waals surface area contributed by atoms with E-state index < -0.39 is 32.5 Å². The molecule has 0 saturated carbocycles. The molecule has 4 aromatic rings. The third kappa shape index (κ3) is 7.07. The Balaban J connectivity index is 1.53. The highest BCUT2D eigenvalue weighted by atomic mass is 35.5. The number of carbonyl (C=O) groups excluding carboxylic acids is 1. The molecular weight excluding hydrogens is 617 g/mol. The molecule has 0 aliphatic heterocycles. The van der Waals surface area contributed by atoms with Gasteiger partial charge in [0.05, 0.1) is 26.2 Å². The number of sulfonamides is 2. The summed E-state index contributed by atoms with van der Waals surface area (Å²) in [5, 5.41) is 3.47. The Kier molecular flexibility index (Phi) is 8.96. The third-order valence-electron chi connectivity index (χ3n) is 5.63. The number of hydrogen-bond acceptors (Lipinski definition) is 5. The van der Waals surface area contributed by atoms with Crippen molar-refractivity contribution in [3.05, 3.63) is 112 Å². The van der Waals surface area contributed by atoms with Crippen molar-refractivity contribution in [3.8, 4) is 0 Å². The van der Waals surface area contributed by atoms with Crippen LogP contribution >= 0.6 is 34.8 Å². The van der Waals surface area contributed by atoms with E-state index in [-0.39, 0.29) is 26.2 Å². The number of halogens is 3. The van der Waals surface area contributed by atoms with Gasteiger partial charge in [-0.15, -0.1) is 0 Å². The first-order valence-corrected chi connectivity index (χ1v) is 15.6. The van der Waals surface area contributed by atoms with E-state index >= 15 is 0 Å². The zero-order valence-corrected chi connectivity index (χ0v) is 24.7. The van der Waals surface area contributed by atoms with Crippen LogP contribution in [0, 0.1) is 6.92 Å².